The van der Waals surface area contributed by atoms with E-state index < -0.39 is 0 Å². The molecule has 1 aliphatic carbocycles. The molecule has 1 heterocycles. The van der Waals surface area contributed by atoms with Gasteiger partial charge in [0.05, 0.1) is 0 Å². The van der Waals surface area contributed by atoms with Crippen LogP contribution in [0.3, 0.4) is 0 Å². The van der Waals surface area contributed by atoms with E-state index in [1.165, 1.54) is 49.7 Å². The molecule has 2 atom stereocenters. The first-order valence-corrected chi connectivity index (χ1v) is 7.45. The first kappa shape index (κ1) is 13.5. The first-order chi connectivity index (χ1) is 8.81. The summed E-state index contributed by atoms with van der Waals surface area (Å²) in [6.07, 6.45) is 11.9. The number of aryl methyl sites for hydroxylation is 1. The highest BCUT2D eigenvalue weighted by atomic mass is 14.9. The molecule has 1 fully saturated rings. The summed E-state index contributed by atoms with van der Waals surface area (Å²) < 4.78 is 0. The lowest BCUT2D eigenvalue weighted by molar-refractivity contribution is 0.438. The van der Waals surface area contributed by atoms with Gasteiger partial charge in [0.15, 0.2) is 0 Å². The Bertz CT molecular complexity index is 362. The molecule has 0 radical (unpaired) electrons. The second-order valence-corrected chi connectivity index (χ2v) is 5.60. The van der Waals surface area contributed by atoms with Crippen molar-refractivity contribution in [3.8, 4) is 0 Å². The van der Waals surface area contributed by atoms with Crippen LogP contribution in [0.1, 0.15) is 62.5 Å². The van der Waals surface area contributed by atoms with Gasteiger partial charge in [-0.15, -0.1) is 0 Å². The van der Waals surface area contributed by atoms with Gasteiger partial charge in [-0.05, 0) is 62.3 Å². The lowest BCUT2D eigenvalue weighted by Gasteiger charge is -2.22. The fourth-order valence-corrected chi connectivity index (χ4v) is 3.08. The molecule has 1 aromatic heterocycles. The van der Waals surface area contributed by atoms with Crippen LogP contribution >= 0.6 is 0 Å². The highest BCUT2D eigenvalue weighted by Crippen LogP contribution is 2.32. The molecule has 1 N–H and O–H groups in total. The Balaban J connectivity index is 2.05. The molecule has 0 spiro atoms. The van der Waals surface area contributed by atoms with Crippen molar-refractivity contribution in [1.29, 1.82) is 0 Å². The molecule has 0 amide bonds. The van der Waals surface area contributed by atoms with E-state index >= 15 is 0 Å². The van der Waals surface area contributed by atoms with Crippen LogP contribution in [0.5, 0.6) is 0 Å². The number of hydrogen-bond donors (Lipinski definition) is 1. The third kappa shape index (κ3) is 3.55. The first-order valence-electron chi connectivity index (χ1n) is 7.45. The van der Waals surface area contributed by atoms with Crippen LogP contribution in [0, 0.1) is 6.92 Å². The standard InChI is InChI=1S/C16H26N2/c1-3-9-18-15-7-5-4-6-14(11-15)16-12-17-10-8-13(16)2/h8,10,12,14-15,18H,3-7,9,11H2,1-2H3. The van der Waals surface area contributed by atoms with Gasteiger partial charge in [0.1, 0.15) is 0 Å². The topological polar surface area (TPSA) is 24.9 Å². The van der Waals surface area contributed by atoms with Crippen molar-refractivity contribution in [2.45, 2.75) is 64.3 Å². The predicted molar refractivity (Wildman–Crippen MR) is 76.9 cm³/mol. The highest BCUT2D eigenvalue weighted by Gasteiger charge is 2.22. The molecule has 2 nitrogen and oxygen atoms in total. The van der Waals surface area contributed by atoms with Crippen molar-refractivity contribution in [3.05, 3.63) is 29.6 Å². The summed E-state index contributed by atoms with van der Waals surface area (Å²) in [5.74, 6) is 0.704. The highest BCUT2D eigenvalue weighted by molar-refractivity contribution is 5.26. The lowest BCUT2D eigenvalue weighted by atomic mass is 9.89. The summed E-state index contributed by atoms with van der Waals surface area (Å²) in [4.78, 5) is 4.32. The normalized spacial score (nSPS) is 24.8. The Morgan fingerprint density at radius 2 is 2.17 bits per heavy atom. The van der Waals surface area contributed by atoms with E-state index in [0.29, 0.717) is 12.0 Å². The predicted octanol–water partition coefficient (Wildman–Crippen LogP) is 3.81. The van der Waals surface area contributed by atoms with Gasteiger partial charge < -0.3 is 5.32 Å². The van der Waals surface area contributed by atoms with Crippen molar-refractivity contribution in [3.63, 3.8) is 0 Å². The summed E-state index contributed by atoms with van der Waals surface area (Å²) in [5.41, 5.74) is 2.88. The van der Waals surface area contributed by atoms with Crippen LogP contribution in [-0.4, -0.2) is 17.6 Å². The van der Waals surface area contributed by atoms with E-state index in [4.69, 9.17) is 0 Å². The zero-order valence-corrected chi connectivity index (χ0v) is 11.8. The Morgan fingerprint density at radius 3 is 2.94 bits per heavy atom. The molecule has 0 aliphatic heterocycles. The van der Waals surface area contributed by atoms with Gasteiger partial charge in [-0.3, -0.25) is 4.98 Å². The second-order valence-electron chi connectivity index (χ2n) is 5.60. The molecule has 0 bridgehead atoms. The van der Waals surface area contributed by atoms with Crippen molar-refractivity contribution in [1.82, 2.24) is 10.3 Å². The van der Waals surface area contributed by atoms with Crippen molar-refractivity contribution in [2.75, 3.05) is 6.54 Å². The molecule has 18 heavy (non-hydrogen) atoms. The summed E-state index contributed by atoms with van der Waals surface area (Å²) in [5, 5.41) is 3.71. The van der Waals surface area contributed by atoms with Gasteiger partial charge in [-0.1, -0.05) is 19.8 Å². The Morgan fingerprint density at radius 1 is 1.33 bits per heavy atom. The van der Waals surface area contributed by atoms with Gasteiger partial charge in [0, 0.05) is 18.4 Å². The number of nitrogens with one attached hydrogen (secondary N) is 1. The molecular formula is C16H26N2. The van der Waals surface area contributed by atoms with E-state index in [0.717, 1.165) is 6.54 Å². The smallest absolute Gasteiger partial charge is 0.0305 e. The summed E-state index contributed by atoms with van der Waals surface area (Å²) in [6, 6.07) is 2.85. The molecule has 2 rings (SSSR count). The maximum Gasteiger partial charge on any atom is 0.0305 e. The number of hydrogen-bond acceptors (Lipinski definition) is 2. The lowest BCUT2D eigenvalue weighted by Crippen LogP contribution is -2.30. The minimum absolute atomic E-state index is 0.704. The van der Waals surface area contributed by atoms with Crippen LogP contribution in [0.4, 0.5) is 0 Å². The monoisotopic (exact) mass is 246 g/mol. The SMILES string of the molecule is CCCNC1CCCCC(c2cnccc2C)C1. The largest absolute Gasteiger partial charge is 0.314 e. The number of rotatable bonds is 4. The quantitative estimate of drug-likeness (QED) is 0.817. The van der Waals surface area contributed by atoms with E-state index in [-0.39, 0.29) is 0 Å². The zero-order valence-electron chi connectivity index (χ0n) is 11.8. The third-order valence-electron chi connectivity index (χ3n) is 4.13. The van der Waals surface area contributed by atoms with Crippen LogP contribution in [-0.2, 0) is 0 Å². The molecule has 2 heteroatoms. The zero-order chi connectivity index (χ0) is 12.8. The second kappa shape index (κ2) is 6.89. The summed E-state index contributed by atoms with van der Waals surface area (Å²) in [6.45, 7) is 5.62. The molecule has 0 aromatic carbocycles. The maximum atomic E-state index is 4.32. The Kier molecular flexibility index (Phi) is 5.18. The van der Waals surface area contributed by atoms with Gasteiger partial charge >= 0.3 is 0 Å². The minimum Gasteiger partial charge on any atom is -0.314 e. The molecule has 1 aromatic rings. The van der Waals surface area contributed by atoms with Crippen LogP contribution in [0.2, 0.25) is 0 Å². The number of nitrogens with zero attached hydrogens (tertiary/aromatic N) is 1. The van der Waals surface area contributed by atoms with Crippen LogP contribution in [0.25, 0.3) is 0 Å². The van der Waals surface area contributed by atoms with E-state index in [1.807, 2.05) is 6.20 Å². The fourth-order valence-electron chi connectivity index (χ4n) is 3.08. The third-order valence-corrected chi connectivity index (χ3v) is 4.13. The van der Waals surface area contributed by atoms with Crippen molar-refractivity contribution < 1.29 is 0 Å². The van der Waals surface area contributed by atoms with E-state index in [2.05, 4.69) is 36.4 Å². The molecule has 2 unspecified atom stereocenters. The maximum absolute atomic E-state index is 4.32. The average Bonchev–Trinajstić information content (AvgIpc) is 2.62. The van der Waals surface area contributed by atoms with Crippen molar-refractivity contribution >= 4 is 0 Å². The number of aromatic nitrogens is 1. The van der Waals surface area contributed by atoms with Crippen molar-refractivity contribution in [2.24, 2.45) is 0 Å². The van der Waals surface area contributed by atoms with Gasteiger partial charge in [0.2, 0.25) is 0 Å². The van der Waals surface area contributed by atoms with Gasteiger partial charge in [-0.25, -0.2) is 0 Å². The van der Waals surface area contributed by atoms with E-state index in [9.17, 15) is 0 Å². The average molecular weight is 246 g/mol. The Hall–Kier alpha value is -0.890. The summed E-state index contributed by atoms with van der Waals surface area (Å²) >= 11 is 0. The Labute approximate surface area is 111 Å². The number of pyridine rings is 1. The van der Waals surface area contributed by atoms with E-state index in [1.54, 1.807) is 0 Å². The van der Waals surface area contributed by atoms with Crippen LogP contribution in [0.15, 0.2) is 18.5 Å². The minimum atomic E-state index is 0.704. The van der Waals surface area contributed by atoms with Gasteiger partial charge in [-0.2, -0.15) is 0 Å². The molecular weight excluding hydrogens is 220 g/mol. The van der Waals surface area contributed by atoms with Crippen LogP contribution < -0.4 is 5.32 Å². The fraction of sp³-hybridized carbons (Fsp3) is 0.688. The van der Waals surface area contributed by atoms with Gasteiger partial charge in [0.25, 0.3) is 0 Å². The molecule has 1 aliphatic rings. The summed E-state index contributed by atoms with van der Waals surface area (Å²) in [7, 11) is 0. The molecule has 1 saturated carbocycles. The molecule has 100 valence electrons. The molecule has 0 saturated heterocycles.